The zero-order valence-electron chi connectivity index (χ0n) is 23.2. The van der Waals surface area contributed by atoms with E-state index in [1.165, 1.54) is 48.9 Å². The molecule has 200 valence electrons. The number of hydrogen-bond acceptors (Lipinski definition) is 1. The number of furan rings is 1. The van der Waals surface area contributed by atoms with Gasteiger partial charge in [0.15, 0.2) is 5.58 Å². The van der Waals surface area contributed by atoms with Crippen molar-refractivity contribution in [2.45, 2.75) is 0 Å². The fraction of sp³-hybridized carbons (Fsp3) is 0. The lowest BCUT2D eigenvalue weighted by Crippen LogP contribution is -1.97. The van der Waals surface area contributed by atoms with Crippen molar-refractivity contribution in [1.29, 1.82) is 0 Å². The average Bonchev–Trinajstić information content (AvgIpc) is 3.72. The Hall–Kier alpha value is -5.80. The van der Waals surface area contributed by atoms with Crippen molar-refractivity contribution in [1.82, 2.24) is 9.13 Å². The van der Waals surface area contributed by atoms with E-state index in [0.717, 1.165) is 38.8 Å². The van der Waals surface area contributed by atoms with Crippen LogP contribution < -0.4 is 0 Å². The predicted octanol–water partition coefficient (Wildman–Crippen LogP) is 10.9. The normalized spacial score (nSPS) is 12.2. The predicted molar refractivity (Wildman–Crippen MR) is 180 cm³/mol. The number of nitrogens with zero attached hydrogens (tertiary/aromatic N) is 2. The van der Waals surface area contributed by atoms with Crippen LogP contribution in [-0.4, -0.2) is 9.13 Å². The quantitative estimate of drug-likeness (QED) is 0.211. The molecule has 3 heterocycles. The maximum absolute atomic E-state index is 6.65. The van der Waals surface area contributed by atoms with E-state index in [1.54, 1.807) is 0 Å². The van der Waals surface area contributed by atoms with Gasteiger partial charge in [0.2, 0.25) is 0 Å². The van der Waals surface area contributed by atoms with Crippen LogP contribution in [0.2, 0.25) is 0 Å². The number of rotatable bonds is 2. The molecule has 0 radical (unpaired) electrons. The maximum atomic E-state index is 6.65. The van der Waals surface area contributed by atoms with Crippen LogP contribution in [0.25, 0.3) is 87.7 Å². The summed E-state index contributed by atoms with van der Waals surface area (Å²) in [5.41, 5.74) is 8.77. The van der Waals surface area contributed by atoms with E-state index in [9.17, 15) is 0 Å². The van der Waals surface area contributed by atoms with Crippen molar-refractivity contribution in [3.05, 3.63) is 146 Å². The summed E-state index contributed by atoms with van der Waals surface area (Å²) in [5.74, 6) is 0. The van der Waals surface area contributed by atoms with Crippen LogP contribution in [0.15, 0.2) is 150 Å². The van der Waals surface area contributed by atoms with Crippen LogP contribution in [0, 0.1) is 0 Å². The van der Waals surface area contributed by atoms with Crippen molar-refractivity contribution in [2.75, 3.05) is 0 Å². The van der Waals surface area contributed by atoms with E-state index in [1.807, 2.05) is 6.07 Å². The van der Waals surface area contributed by atoms with Crippen molar-refractivity contribution in [2.24, 2.45) is 0 Å². The third kappa shape index (κ3) is 3.03. The highest BCUT2D eigenvalue weighted by Gasteiger charge is 2.22. The van der Waals surface area contributed by atoms with E-state index in [-0.39, 0.29) is 0 Å². The van der Waals surface area contributed by atoms with Crippen LogP contribution in [0.3, 0.4) is 0 Å². The fourth-order valence-corrected chi connectivity index (χ4v) is 7.26. The lowest BCUT2D eigenvalue weighted by molar-refractivity contribution is 0.671. The first-order valence-electron chi connectivity index (χ1n) is 14.7. The first kappa shape index (κ1) is 22.8. The second-order valence-corrected chi connectivity index (χ2v) is 11.3. The van der Waals surface area contributed by atoms with E-state index in [4.69, 9.17) is 4.42 Å². The van der Waals surface area contributed by atoms with Crippen LogP contribution in [0.5, 0.6) is 0 Å². The molecule has 0 aliphatic heterocycles. The molecule has 0 aliphatic carbocycles. The molecule has 0 amide bonds. The second kappa shape index (κ2) is 8.37. The molecule has 3 heteroatoms. The summed E-state index contributed by atoms with van der Waals surface area (Å²) in [6.07, 6.45) is 0. The number of benzene rings is 7. The van der Waals surface area contributed by atoms with Gasteiger partial charge in [-0.05, 0) is 59.3 Å². The summed E-state index contributed by atoms with van der Waals surface area (Å²) < 4.78 is 11.5. The molecule has 0 unspecified atom stereocenters. The van der Waals surface area contributed by atoms with E-state index in [0.29, 0.717) is 0 Å². The summed E-state index contributed by atoms with van der Waals surface area (Å²) in [5, 5.41) is 9.61. The van der Waals surface area contributed by atoms with Crippen LogP contribution >= 0.6 is 0 Å². The van der Waals surface area contributed by atoms with Crippen LogP contribution in [-0.2, 0) is 0 Å². The van der Waals surface area contributed by atoms with E-state index >= 15 is 0 Å². The Labute approximate surface area is 246 Å². The van der Waals surface area contributed by atoms with Crippen molar-refractivity contribution in [3.8, 4) is 11.4 Å². The molecule has 0 spiro atoms. The standard InChI is InChI=1S/C40H24N2O/c1-2-11-26-24-27(21-20-25(26)10-1)41-34-16-7-4-14-32(34)38-35(41)17-9-18-36(38)42-33-15-6-3-12-28(33)30-22-23-31-29-13-5-8-19-37(29)43-40(31)39(30)42/h1-24H. The molecule has 0 N–H and O–H groups in total. The fourth-order valence-electron chi connectivity index (χ4n) is 7.26. The summed E-state index contributed by atoms with van der Waals surface area (Å²) in [6.45, 7) is 0. The van der Waals surface area contributed by atoms with Crippen molar-refractivity contribution < 1.29 is 4.42 Å². The highest BCUT2D eigenvalue weighted by atomic mass is 16.3. The summed E-state index contributed by atoms with van der Waals surface area (Å²) in [7, 11) is 0. The Bertz CT molecular complexity index is 2740. The molecule has 0 atom stereocenters. The van der Waals surface area contributed by atoms with E-state index in [2.05, 4.69) is 149 Å². The van der Waals surface area contributed by atoms with Gasteiger partial charge in [-0.3, -0.25) is 0 Å². The number of fused-ring (bicyclic) bond motifs is 11. The molecule has 3 aromatic heterocycles. The van der Waals surface area contributed by atoms with Gasteiger partial charge in [-0.15, -0.1) is 0 Å². The Kier molecular flexibility index (Phi) is 4.45. The van der Waals surface area contributed by atoms with Crippen LogP contribution in [0.4, 0.5) is 0 Å². The van der Waals surface area contributed by atoms with Gasteiger partial charge in [0.1, 0.15) is 5.58 Å². The zero-order chi connectivity index (χ0) is 28.1. The topological polar surface area (TPSA) is 23.0 Å². The monoisotopic (exact) mass is 548 g/mol. The molecule has 10 rings (SSSR count). The van der Waals surface area contributed by atoms with Gasteiger partial charge in [-0.2, -0.15) is 0 Å². The molecular formula is C40H24N2O. The minimum absolute atomic E-state index is 0.910. The minimum Gasteiger partial charge on any atom is -0.454 e. The number of aromatic nitrogens is 2. The summed E-state index contributed by atoms with van der Waals surface area (Å²) in [4.78, 5) is 0. The molecule has 0 saturated heterocycles. The highest BCUT2D eigenvalue weighted by Crippen LogP contribution is 2.43. The second-order valence-electron chi connectivity index (χ2n) is 11.3. The first-order valence-corrected chi connectivity index (χ1v) is 14.7. The largest absolute Gasteiger partial charge is 0.454 e. The van der Waals surface area contributed by atoms with Gasteiger partial charge < -0.3 is 13.6 Å². The summed E-state index contributed by atoms with van der Waals surface area (Å²) >= 11 is 0. The lowest BCUT2D eigenvalue weighted by Gasteiger charge is -2.12. The van der Waals surface area contributed by atoms with E-state index < -0.39 is 0 Å². The van der Waals surface area contributed by atoms with Crippen LogP contribution in [0.1, 0.15) is 0 Å². The van der Waals surface area contributed by atoms with Gasteiger partial charge in [0, 0.05) is 38.0 Å². The molecule has 3 nitrogen and oxygen atoms in total. The van der Waals surface area contributed by atoms with Gasteiger partial charge in [0.05, 0.1) is 27.8 Å². The van der Waals surface area contributed by atoms with Crippen molar-refractivity contribution in [3.63, 3.8) is 0 Å². The maximum Gasteiger partial charge on any atom is 0.160 e. The average molecular weight is 549 g/mol. The van der Waals surface area contributed by atoms with Gasteiger partial charge in [-0.25, -0.2) is 0 Å². The first-order chi connectivity index (χ1) is 21.3. The van der Waals surface area contributed by atoms with Crippen molar-refractivity contribution >= 4 is 76.3 Å². The molecule has 0 aliphatic rings. The smallest absolute Gasteiger partial charge is 0.160 e. The van der Waals surface area contributed by atoms with Gasteiger partial charge >= 0.3 is 0 Å². The minimum atomic E-state index is 0.910. The number of para-hydroxylation sites is 3. The molecule has 7 aromatic carbocycles. The Morgan fingerprint density at radius 2 is 1.09 bits per heavy atom. The Balaban J connectivity index is 1.39. The molecule has 10 aromatic rings. The van der Waals surface area contributed by atoms with Gasteiger partial charge in [-0.1, -0.05) is 97.1 Å². The molecule has 0 fully saturated rings. The third-order valence-electron chi connectivity index (χ3n) is 9.09. The highest BCUT2D eigenvalue weighted by molar-refractivity contribution is 6.23. The SMILES string of the molecule is c1ccc2cc(-n3c4ccccc4c4c(-n5c6ccccc6c6ccc7c8ccccc8oc7c65)cccc43)ccc2c1. The number of hydrogen-bond donors (Lipinski definition) is 0. The van der Waals surface area contributed by atoms with Gasteiger partial charge in [0.25, 0.3) is 0 Å². The lowest BCUT2D eigenvalue weighted by atomic mass is 10.1. The third-order valence-corrected chi connectivity index (χ3v) is 9.09. The summed E-state index contributed by atoms with van der Waals surface area (Å²) in [6, 6.07) is 52.3. The molecule has 0 saturated carbocycles. The Morgan fingerprint density at radius 1 is 0.419 bits per heavy atom. The molecule has 43 heavy (non-hydrogen) atoms. The molecule has 0 bridgehead atoms. The molecular weight excluding hydrogens is 524 g/mol. The zero-order valence-corrected chi connectivity index (χ0v) is 23.2. The Morgan fingerprint density at radius 3 is 1.98 bits per heavy atom.